The maximum absolute atomic E-state index is 11.3. The van der Waals surface area contributed by atoms with Gasteiger partial charge in [0.05, 0.1) is 6.61 Å². The molecule has 1 heterocycles. The van der Waals surface area contributed by atoms with Crippen LogP contribution in [0.3, 0.4) is 0 Å². The summed E-state index contributed by atoms with van der Waals surface area (Å²) in [6.45, 7) is 8.45. The fourth-order valence-electron chi connectivity index (χ4n) is 1.12. The van der Waals surface area contributed by atoms with E-state index in [-0.39, 0.29) is 11.2 Å². The Hall–Kier alpha value is -1.39. The molecule has 0 unspecified atom stereocenters. The van der Waals surface area contributed by atoms with Crippen LogP contribution in [0, 0.1) is 5.41 Å². The minimum absolute atomic E-state index is 0.00533. The molecule has 0 aliphatic heterocycles. The van der Waals surface area contributed by atoms with E-state index in [1.165, 1.54) is 0 Å². The zero-order valence-corrected chi connectivity index (χ0v) is 10.2. The summed E-state index contributed by atoms with van der Waals surface area (Å²) in [4.78, 5) is 15.2. The molecule has 0 saturated heterocycles. The van der Waals surface area contributed by atoms with Crippen LogP contribution in [0.15, 0.2) is 4.52 Å². The molecule has 1 rings (SSSR count). The number of hydrogen-bond donors (Lipinski definition) is 0. The number of hydrogen-bond acceptors (Lipinski definition) is 5. The topological polar surface area (TPSA) is 65.2 Å². The molecule has 90 valence electrons. The van der Waals surface area contributed by atoms with Gasteiger partial charge in [0, 0.05) is 6.42 Å². The zero-order chi connectivity index (χ0) is 12.2. The van der Waals surface area contributed by atoms with Gasteiger partial charge >= 0.3 is 5.97 Å². The molecular weight excluding hydrogens is 208 g/mol. The van der Waals surface area contributed by atoms with Crippen LogP contribution in [-0.4, -0.2) is 22.7 Å². The number of rotatable bonds is 4. The molecule has 1 aromatic rings. The molecule has 5 nitrogen and oxygen atoms in total. The first kappa shape index (κ1) is 12.7. The second kappa shape index (κ2) is 5.09. The summed E-state index contributed by atoms with van der Waals surface area (Å²) in [6.07, 6.45) is 1.60. The van der Waals surface area contributed by atoms with Crippen molar-refractivity contribution in [1.29, 1.82) is 0 Å². The molecule has 0 saturated carbocycles. The van der Waals surface area contributed by atoms with E-state index in [0.717, 1.165) is 6.42 Å². The van der Waals surface area contributed by atoms with Gasteiger partial charge in [0.1, 0.15) is 0 Å². The maximum atomic E-state index is 11.3. The molecule has 0 aromatic carbocycles. The molecule has 0 fully saturated rings. The largest absolute Gasteiger partial charge is 0.460 e. The van der Waals surface area contributed by atoms with Crippen molar-refractivity contribution in [2.24, 2.45) is 5.41 Å². The van der Waals surface area contributed by atoms with Crippen molar-refractivity contribution in [3.63, 3.8) is 0 Å². The highest BCUT2D eigenvalue weighted by Gasteiger charge is 2.17. The second-order valence-corrected chi connectivity index (χ2v) is 4.79. The zero-order valence-electron chi connectivity index (χ0n) is 10.2. The van der Waals surface area contributed by atoms with Gasteiger partial charge in [0.2, 0.25) is 5.89 Å². The van der Waals surface area contributed by atoms with Crippen LogP contribution in [-0.2, 0) is 11.2 Å². The third-order valence-corrected chi connectivity index (χ3v) is 2.01. The lowest BCUT2D eigenvalue weighted by Gasteiger charge is -2.15. The molecule has 16 heavy (non-hydrogen) atoms. The lowest BCUT2D eigenvalue weighted by atomic mass is 9.91. The summed E-state index contributed by atoms with van der Waals surface area (Å²) < 4.78 is 9.73. The Morgan fingerprint density at radius 1 is 1.44 bits per heavy atom. The molecule has 0 bridgehead atoms. The standard InChI is InChI=1S/C11H18N2O3/c1-5-15-10(14)9-12-8(16-13-9)6-7-11(2,3)4/h5-7H2,1-4H3. The molecule has 0 N–H and O–H groups in total. The molecule has 0 radical (unpaired) electrons. The average molecular weight is 226 g/mol. The molecule has 0 aliphatic rings. The molecule has 0 spiro atoms. The van der Waals surface area contributed by atoms with Crippen LogP contribution in [0.1, 0.15) is 50.6 Å². The number of ether oxygens (including phenoxy) is 1. The average Bonchev–Trinajstić information content (AvgIpc) is 2.62. The lowest BCUT2D eigenvalue weighted by Crippen LogP contribution is -2.08. The molecule has 5 heteroatoms. The second-order valence-electron chi connectivity index (χ2n) is 4.79. The van der Waals surface area contributed by atoms with Gasteiger partial charge in [0.15, 0.2) is 0 Å². The van der Waals surface area contributed by atoms with Gasteiger partial charge in [-0.05, 0) is 23.9 Å². The van der Waals surface area contributed by atoms with E-state index in [9.17, 15) is 4.79 Å². The Morgan fingerprint density at radius 2 is 2.12 bits per heavy atom. The first-order valence-corrected chi connectivity index (χ1v) is 5.42. The Kier molecular flexibility index (Phi) is 4.04. The molecule has 0 atom stereocenters. The smallest absolute Gasteiger partial charge is 0.379 e. The number of esters is 1. The van der Waals surface area contributed by atoms with Gasteiger partial charge in [0.25, 0.3) is 5.82 Å². The number of aromatic nitrogens is 2. The Bertz CT molecular complexity index is 352. The minimum atomic E-state index is -0.534. The predicted octanol–water partition coefficient (Wildman–Crippen LogP) is 2.23. The van der Waals surface area contributed by atoms with Gasteiger partial charge in [-0.2, -0.15) is 4.98 Å². The van der Waals surface area contributed by atoms with E-state index in [2.05, 4.69) is 30.9 Å². The fraction of sp³-hybridized carbons (Fsp3) is 0.727. The Morgan fingerprint density at radius 3 is 2.69 bits per heavy atom. The van der Waals surface area contributed by atoms with Crippen molar-refractivity contribution < 1.29 is 14.1 Å². The van der Waals surface area contributed by atoms with Crippen LogP contribution < -0.4 is 0 Å². The van der Waals surface area contributed by atoms with Crippen LogP contribution >= 0.6 is 0 Å². The Balaban J connectivity index is 2.55. The van der Waals surface area contributed by atoms with Gasteiger partial charge in [-0.1, -0.05) is 20.8 Å². The first-order valence-electron chi connectivity index (χ1n) is 5.42. The quantitative estimate of drug-likeness (QED) is 0.736. The van der Waals surface area contributed by atoms with Crippen molar-refractivity contribution in [2.45, 2.75) is 40.5 Å². The monoisotopic (exact) mass is 226 g/mol. The highest BCUT2D eigenvalue weighted by atomic mass is 16.5. The van der Waals surface area contributed by atoms with Gasteiger partial charge < -0.3 is 9.26 Å². The Labute approximate surface area is 95.2 Å². The van der Waals surface area contributed by atoms with E-state index >= 15 is 0 Å². The SMILES string of the molecule is CCOC(=O)c1noc(CCC(C)(C)C)n1. The van der Waals surface area contributed by atoms with Gasteiger partial charge in [-0.15, -0.1) is 0 Å². The highest BCUT2D eigenvalue weighted by molar-refractivity contribution is 5.84. The summed E-state index contributed by atoms with van der Waals surface area (Å²) in [6, 6.07) is 0. The van der Waals surface area contributed by atoms with Crippen molar-refractivity contribution in [2.75, 3.05) is 6.61 Å². The lowest BCUT2D eigenvalue weighted by molar-refractivity contribution is 0.0508. The third kappa shape index (κ3) is 4.00. The van der Waals surface area contributed by atoms with E-state index < -0.39 is 5.97 Å². The number of carbonyl (C=O) groups excluding carboxylic acids is 1. The van der Waals surface area contributed by atoms with Gasteiger partial charge in [-0.25, -0.2) is 4.79 Å². The molecule has 0 amide bonds. The van der Waals surface area contributed by atoms with Crippen molar-refractivity contribution in [1.82, 2.24) is 10.1 Å². The summed E-state index contributed by atoms with van der Waals surface area (Å²) >= 11 is 0. The summed E-state index contributed by atoms with van der Waals surface area (Å²) in [5.41, 5.74) is 0.207. The van der Waals surface area contributed by atoms with Crippen molar-refractivity contribution in [3.05, 3.63) is 11.7 Å². The first-order chi connectivity index (χ1) is 7.42. The third-order valence-electron chi connectivity index (χ3n) is 2.01. The van der Waals surface area contributed by atoms with Gasteiger partial charge in [-0.3, -0.25) is 0 Å². The van der Waals surface area contributed by atoms with E-state index in [1.807, 2.05) is 0 Å². The summed E-state index contributed by atoms with van der Waals surface area (Å²) in [7, 11) is 0. The predicted molar refractivity (Wildman–Crippen MR) is 58.0 cm³/mol. The molecule has 1 aromatic heterocycles. The van der Waals surface area contributed by atoms with Crippen LogP contribution in [0.5, 0.6) is 0 Å². The molecule has 0 aliphatic carbocycles. The van der Waals surface area contributed by atoms with Crippen LogP contribution in [0.2, 0.25) is 0 Å². The van der Waals surface area contributed by atoms with E-state index in [0.29, 0.717) is 18.9 Å². The number of nitrogens with zero attached hydrogens (tertiary/aromatic N) is 2. The van der Waals surface area contributed by atoms with Crippen LogP contribution in [0.25, 0.3) is 0 Å². The fourth-order valence-corrected chi connectivity index (χ4v) is 1.12. The summed E-state index contributed by atoms with van der Waals surface area (Å²) in [5.74, 6) is -0.0444. The normalized spacial score (nSPS) is 11.5. The number of carbonyl (C=O) groups is 1. The van der Waals surface area contributed by atoms with Crippen LogP contribution in [0.4, 0.5) is 0 Å². The van der Waals surface area contributed by atoms with Crippen molar-refractivity contribution >= 4 is 5.97 Å². The van der Waals surface area contributed by atoms with E-state index in [1.54, 1.807) is 6.92 Å². The van der Waals surface area contributed by atoms with Crippen molar-refractivity contribution in [3.8, 4) is 0 Å². The summed E-state index contributed by atoms with van der Waals surface area (Å²) in [5, 5.41) is 3.57. The van der Waals surface area contributed by atoms with E-state index in [4.69, 9.17) is 9.26 Å². The minimum Gasteiger partial charge on any atom is -0.460 e. The highest BCUT2D eigenvalue weighted by Crippen LogP contribution is 2.20. The molecular formula is C11H18N2O3. The maximum Gasteiger partial charge on any atom is 0.379 e. The number of aryl methyl sites for hydroxylation is 1.